The van der Waals surface area contributed by atoms with Crippen molar-refractivity contribution >= 4 is 28.6 Å². The lowest BCUT2D eigenvalue weighted by molar-refractivity contribution is 0.0940. The Balaban J connectivity index is 0.00000116. The van der Waals surface area contributed by atoms with Gasteiger partial charge in [0.2, 0.25) is 0 Å². The van der Waals surface area contributed by atoms with E-state index in [0.29, 0.717) is 22.5 Å². The van der Waals surface area contributed by atoms with Crippen molar-refractivity contribution in [1.82, 2.24) is 5.32 Å². The first kappa shape index (κ1) is 17.9. The number of hydrogen-bond acceptors (Lipinski definition) is 4. The van der Waals surface area contributed by atoms with Gasteiger partial charge in [0.25, 0.3) is 5.91 Å². The minimum Gasteiger partial charge on any atom is -0.398 e. The highest BCUT2D eigenvalue weighted by Gasteiger charge is 2.13. The van der Waals surface area contributed by atoms with Crippen LogP contribution in [-0.2, 0) is 0 Å². The Hall–Kier alpha value is -2.14. The van der Waals surface area contributed by atoms with E-state index in [-0.39, 0.29) is 11.9 Å². The van der Waals surface area contributed by atoms with Gasteiger partial charge < -0.3 is 16.5 Å². The SMILES string of the molecule is CC.CC(=N)c1cc(C(=O)NC(C)c2cccs2)ccc1N. The molecule has 0 bridgehead atoms. The van der Waals surface area contributed by atoms with Crippen LogP contribution < -0.4 is 11.1 Å². The van der Waals surface area contributed by atoms with Crippen LogP contribution in [-0.4, -0.2) is 11.6 Å². The summed E-state index contributed by atoms with van der Waals surface area (Å²) < 4.78 is 0. The Kier molecular flexibility index (Phi) is 6.79. The van der Waals surface area contributed by atoms with Gasteiger partial charge >= 0.3 is 0 Å². The van der Waals surface area contributed by atoms with Gasteiger partial charge in [-0.2, -0.15) is 0 Å². The van der Waals surface area contributed by atoms with Crippen molar-refractivity contribution in [2.75, 3.05) is 5.73 Å². The second-order valence-electron chi connectivity index (χ2n) is 4.64. The van der Waals surface area contributed by atoms with E-state index in [9.17, 15) is 4.79 Å². The minimum atomic E-state index is -0.159. The molecular weight excluding hydrogens is 294 g/mol. The van der Waals surface area contributed by atoms with Gasteiger partial charge in [-0.05, 0) is 43.5 Å². The fourth-order valence-corrected chi connectivity index (χ4v) is 2.65. The predicted octanol–water partition coefficient (Wildman–Crippen LogP) is 4.24. The molecule has 0 aliphatic rings. The zero-order chi connectivity index (χ0) is 16.7. The van der Waals surface area contributed by atoms with Crippen LogP contribution in [0.3, 0.4) is 0 Å². The van der Waals surface area contributed by atoms with Crippen LogP contribution in [0.25, 0.3) is 0 Å². The van der Waals surface area contributed by atoms with E-state index >= 15 is 0 Å². The maximum atomic E-state index is 12.2. The Bertz CT molecular complexity index is 635. The summed E-state index contributed by atoms with van der Waals surface area (Å²) in [5.74, 6) is -0.159. The van der Waals surface area contributed by atoms with Crippen molar-refractivity contribution in [1.29, 1.82) is 5.41 Å². The molecule has 1 aromatic carbocycles. The van der Waals surface area contributed by atoms with Crippen LogP contribution in [0.4, 0.5) is 5.69 Å². The summed E-state index contributed by atoms with van der Waals surface area (Å²) in [6.07, 6.45) is 0. The summed E-state index contributed by atoms with van der Waals surface area (Å²) >= 11 is 1.61. The van der Waals surface area contributed by atoms with E-state index in [4.69, 9.17) is 11.1 Å². The molecule has 1 amide bonds. The normalized spacial score (nSPS) is 11.1. The first-order valence-electron chi connectivity index (χ1n) is 7.28. The van der Waals surface area contributed by atoms with Crippen molar-refractivity contribution < 1.29 is 4.79 Å². The number of nitrogens with one attached hydrogen (secondary N) is 2. The van der Waals surface area contributed by atoms with Gasteiger partial charge in [-0.15, -0.1) is 11.3 Å². The smallest absolute Gasteiger partial charge is 0.251 e. The molecule has 2 rings (SSSR count). The lowest BCUT2D eigenvalue weighted by Crippen LogP contribution is -2.26. The number of hydrogen-bond donors (Lipinski definition) is 3. The number of rotatable bonds is 4. The fourth-order valence-electron chi connectivity index (χ4n) is 1.91. The first-order valence-corrected chi connectivity index (χ1v) is 8.16. The largest absolute Gasteiger partial charge is 0.398 e. The number of nitrogen functional groups attached to an aromatic ring is 1. The molecule has 1 unspecified atom stereocenters. The van der Waals surface area contributed by atoms with Crippen molar-refractivity contribution in [3.8, 4) is 0 Å². The zero-order valence-electron chi connectivity index (χ0n) is 13.4. The molecule has 5 heteroatoms. The number of carbonyl (C=O) groups excluding carboxylic acids is 1. The monoisotopic (exact) mass is 317 g/mol. The van der Waals surface area contributed by atoms with Crippen molar-refractivity contribution in [3.63, 3.8) is 0 Å². The molecule has 118 valence electrons. The Morgan fingerprint density at radius 2 is 2.00 bits per heavy atom. The van der Waals surface area contributed by atoms with Crippen LogP contribution in [0.5, 0.6) is 0 Å². The number of thiophene rings is 1. The summed E-state index contributed by atoms with van der Waals surface area (Å²) in [5.41, 5.74) is 7.78. The summed E-state index contributed by atoms with van der Waals surface area (Å²) in [6.45, 7) is 7.60. The van der Waals surface area contributed by atoms with E-state index in [1.165, 1.54) is 0 Å². The summed E-state index contributed by atoms with van der Waals surface area (Å²) in [7, 11) is 0. The molecule has 0 radical (unpaired) electrons. The number of amides is 1. The van der Waals surface area contributed by atoms with E-state index in [1.54, 1.807) is 36.5 Å². The molecule has 22 heavy (non-hydrogen) atoms. The molecule has 0 saturated carbocycles. The van der Waals surface area contributed by atoms with Crippen LogP contribution in [0.2, 0.25) is 0 Å². The summed E-state index contributed by atoms with van der Waals surface area (Å²) in [6, 6.07) is 8.92. The van der Waals surface area contributed by atoms with Gasteiger partial charge in [-0.1, -0.05) is 19.9 Å². The second kappa shape index (κ2) is 8.34. The molecule has 4 nitrogen and oxygen atoms in total. The Morgan fingerprint density at radius 1 is 1.32 bits per heavy atom. The van der Waals surface area contributed by atoms with E-state index in [0.717, 1.165) is 4.88 Å². The average molecular weight is 317 g/mol. The Morgan fingerprint density at radius 3 is 2.55 bits per heavy atom. The van der Waals surface area contributed by atoms with E-state index < -0.39 is 0 Å². The molecular formula is C17H23N3OS. The maximum absolute atomic E-state index is 12.2. The number of anilines is 1. The predicted molar refractivity (Wildman–Crippen MR) is 94.9 cm³/mol. The highest BCUT2D eigenvalue weighted by atomic mass is 32.1. The topological polar surface area (TPSA) is 79.0 Å². The zero-order valence-corrected chi connectivity index (χ0v) is 14.3. The minimum absolute atomic E-state index is 0.0374. The third-order valence-electron chi connectivity index (χ3n) is 3.04. The molecule has 1 heterocycles. The highest BCUT2D eigenvalue weighted by molar-refractivity contribution is 7.10. The number of benzene rings is 1. The first-order chi connectivity index (χ1) is 10.5. The van der Waals surface area contributed by atoms with Gasteiger partial charge in [0.15, 0.2) is 0 Å². The van der Waals surface area contributed by atoms with Gasteiger partial charge in [0.05, 0.1) is 6.04 Å². The van der Waals surface area contributed by atoms with Gasteiger partial charge in [0, 0.05) is 27.4 Å². The molecule has 4 N–H and O–H groups in total. The highest BCUT2D eigenvalue weighted by Crippen LogP contribution is 2.20. The molecule has 1 atom stereocenters. The molecule has 0 aliphatic carbocycles. The quantitative estimate of drug-likeness (QED) is 0.582. The second-order valence-corrected chi connectivity index (χ2v) is 5.62. The van der Waals surface area contributed by atoms with Crippen molar-refractivity contribution in [3.05, 3.63) is 51.7 Å². The lowest BCUT2D eigenvalue weighted by Gasteiger charge is -2.13. The summed E-state index contributed by atoms with van der Waals surface area (Å²) in [4.78, 5) is 13.3. The molecule has 0 fully saturated rings. The molecule has 0 aliphatic heterocycles. The molecule has 1 aromatic heterocycles. The van der Waals surface area contributed by atoms with Crippen LogP contribution in [0.15, 0.2) is 35.7 Å². The summed E-state index contributed by atoms with van der Waals surface area (Å²) in [5, 5.41) is 12.6. The van der Waals surface area contributed by atoms with E-state index in [1.807, 2.05) is 38.3 Å². The standard InChI is InChI=1S/C15H17N3OS.C2H6/c1-9(16)12-8-11(5-6-13(12)17)15(19)18-10(2)14-4-3-7-20-14;1-2/h3-8,10,16H,17H2,1-2H3,(H,18,19);1-2H3. The number of nitrogens with two attached hydrogens (primary N) is 1. The van der Waals surface area contributed by atoms with E-state index in [2.05, 4.69) is 5.32 Å². The van der Waals surface area contributed by atoms with Crippen LogP contribution >= 0.6 is 11.3 Å². The van der Waals surface area contributed by atoms with Crippen LogP contribution in [0, 0.1) is 5.41 Å². The lowest BCUT2D eigenvalue weighted by atomic mass is 10.0. The van der Waals surface area contributed by atoms with Crippen LogP contribution in [0.1, 0.15) is 54.5 Å². The van der Waals surface area contributed by atoms with Gasteiger partial charge in [0.1, 0.15) is 0 Å². The maximum Gasteiger partial charge on any atom is 0.251 e. The van der Waals surface area contributed by atoms with Crippen molar-refractivity contribution in [2.45, 2.75) is 33.7 Å². The fraction of sp³-hybridized carbons (Fsp3) is 0.294. The molecule has 2 aromatic rings. The number of carbonyl (C=O) groups is 1. The molecule has 0 spiro atoms. The average Bonchev–Trinajstić information content (AvgIpc) is 3.03. The van der Waals surface area contributed by atoms with Gasteiger partial charge in [-0.3, -0.25) is 4.79 Å². The molecule has 0 saturated heterocycles. The Labute approximate surface area is 135 Å². The third-order valence-corrected chi connectivity index (χ3v) is 4.09. The third kappa shape index (κ3) is 4.43. The van der Waals surface area contributed by atoms with Crippen molar-refractivity contribution in [2.24, 2.45) is 0 Å². The van der Waals surface area contributed by atoms with Gasteiger partial charge in [-0.25, -0.2) is 0 Å².